The van der Waals surface area contributed by atoms with Crippen LogP contribution < -0.4 is 5.32 Å². The third-order valence-electron chi connectivity index (χ3n) is 2.94. The van der Waals surface area contributed by atoms with Gasteiger partial charge in [-0.3, -0.25) is 4.79 Å². The maximum absolute atomic E-state index is 12.3. The zero-order valence-electron chi connectivity index (χ0n) is 12.8. The summed E-state index contributed by atoms with van der Waals surface area (Å²) in [6.07, 6.45) is 0.187. The average molecular weight is 293 g/mol. The summed E-state index contributed by atoms with van der Waals surface area (Å²) >= 11 is 0. The number of amides is 2. The molecule has 0 heterocycles. The number of nitrogens with zero attached hydrogens (tertiary/aromatic N) is 2. The van der Waals surface area contributed by atoms with E-state index < -0.39 is 0 Å². The van der Waals surface area contributed by atoms with Crippen LogP contribution in [0.4, 0.5) is 10.5 Å². The Labute approximate surface area is 125 Å². The Morgan fingerprint density at radius 3 is 2.33 bits per heavy atom. The van der Waals surface area contributed by atoms with E-state index in [1.807, 2.05) is 49.3 Å². The van der Waals surface area contributed by atoms with Crippen molar-refractivity contribution in [3.63, 3.8) is 0 Å². The van der Waals surface area contributed by atoms with Gasteiger partial charge in [0.15, 0.2) is 0 Å². The van der Waals surface area contributed by atoms with Gasteiger partial charge in [0.25, 0.3) is 0 Å². The van der Waals surface area contributed by atoms with Crippen LogP contribution in [0.2, 0.25) is 0 Å². The van der Waals surface area contributed by atoms with Crippen LogP contribution in [0.15, 0.2) is 30.3 Å². The van der Waals surface area contributed by atoms with Crippen molar-refractivity contribution in [2.75, 3.05) is 46.2 Å². The van der Waals surface area contributed by atoms with Gasteiger partial charge in [-0.15, -0.1) is 0 Å². The Balaban J connectivity index is 2.60. The summed E-state index contributed by atoms with van der Waals surface area (Å²) in [6.45, 7) is 1.60. The summed E-state index contributed by atoms with van der Waals surface area (Å²) in [7, 11) is 5.22. The minimum absolute atomic E-state index is 0.187. The first-order valence-electron chi connectivity index (χ1n) is 6.85. The van der Waals surface area contributed by atoms with Gasteiger partial charge in [0, 0.05) is 25.3 Å². The molecule has 0 saturated carbocycles. The maximum atomic E-state index is 12.3. The number of anilines is 1. The second-order valence-electron chi connectivity index (χ2n) is 4.91. The van der Waals surface area contributed by atoms with Crippen molar-refractivity contribution in [3.05, 3.63) is 30.3 Å². The summed E-state index contributed by atoms with van der Waals surface area (Å²) < 4.78 is 4.62. The fourth-order valence-corrected chi connectivity index (χ4v) is 1.69. The second-order valence-corrected chi connectivity index (χ2v) is 4.91. The number of ether oxygens (including phenoxy) is 1. The van der Waals surface area contributed by atoms with E-state index in [1.54, 1.807) is 4.90 Å². The highest BCUT2D eigenvalue weighted by atomic mass is 16.5. The zero-order chi connectivity index (χ0) is 15.7. The average Bonchev–Trinajstić information content (AvgIpc) is 2.47. The summed E-state index contributed by atoms with van der Waals surface area (Å²) in [6, 6.07) is 9.02. The maximum Gasteiger partial charge on any atom is 0.321 e. The highest BCUT2D eigenvalue weighted by molar-refractivity contribution is 5.89. The third kappa shape index (κ3) is 6.76. The second kappa shape index (κ2) is 8.97. The number of benzene rings is 1. The van der Waals surface area contributed by atoms with Gasteiger partial charge in [-0.1, -0.05) is 18.2 Å². The number of carbonyl (C=O) groups excluding carboxylic acids is 2. The number of urea groups is 1. The molecule has 1 rings (SSSR count). The lowest BCUT2D eigenvalue weighted by molar-refractivity contribution is -0.140. The number of rotatable bonds is 7. The molecule has 2 amide bonds. The van der Waals surface area contributed by atoms with Crippen molar-refractivity contribution < 1.29 is 14.3 Å². The normalized spacial score (nSPS) is 10.3. The lowest BCUT2D eigenvalue weighted by Crippen LogP contribution is -2.40. The molecule has 0 spiro atoms. The molecule has 0 saturated heterocycles. The fourth-order valence-electron chi connectivity index (χ4n) is 1.69. The number of nitrogens with one attached hydrogen (secondary N) is 1. The number of hydrogen-bond donors (Lipinski definition) is 1. The first kappa shape index (κ1) is 17.0. The van der Waals surface area contributed by atoms with Crippen molar-refractivity contribution in [1.82, 2.24) is 9.80 Å². The quantitative estimate of drug-likeness (QED) is 0.776. The molecule has 21 heavy (non-hydrogen) atoms. The predicted molar refractivity (Wildman–Crippen MR) is 82.2 cm³/mol. The lowest BCUT2D eigenvalue weighted by atomic mass is 10.3. The molecule has 1 aromatic rings. The molecule has 1 N–H and O–H groups in total. The van der Waals surface area contributed by atoms with Crippen LogP contribution in [0.5, 0.6) is 0 Å². The Morgan fingerprint density at radius 2 is 1.76 bits per heavy atom. The minimum Gasteiger partial charge on any atom is -0.469 e. The van der Waals surface area contributed by atoms with Crippen LogP contribution in [0.25, 0.3) is 0 Å². The fraction of sp³-hybridized carbons (Fsp3) is 0.467. The summed E-state index contributed by atoms with van der Waals surface area (Å²) in [5.74, 6) is -0.322. The summed E-state index contributed by atoms with van der Waals surface area (Å²) in [5, 5.41) is 2.82. The SMILES string of the molecule is COC(=O)CCN(CCN(C)C)C(=O)Nc1ccccc1. The first-order chi connectivity index (χ1) is 10.0. The highest BCUT2D eigenvalue weighted by Gasteiger charge is 2.15. The molecule has 0 aromatic heterocycles. The number of carbonyl (C=O) groups is 2. The predicted octanol–water partition coefficient (Wildman–Crippen LogP) is 1.65. The molecule has 0 aliphatic heterocycles. The number of para-hydroxylation sites is 1. The Bertz CT molecular complexity index is 449. The van der Waals surface area contributed by atoms with E-state index in [4.69, 9.17) is 0 Å². The van der Waals surface area contributed by atoms with Gasteiger partial charge in [0.1, 0.15) is 0 Å². The van der Waals surface area contributed by atoms with Crippen molar-refractivity contribution in [2.45, 2.75) is 6.42 Å². The topological polar surface area (TPSA) is 61.9 Å². The molecular formula is C15H23N3O3. The van der Waals surface area contributed by atoms with Crippen molar-refractivity contribution in [2.24, 2.45) is 0 Å². The monoisotopic (exact) mass is 293 g/mol. The van der Waals surface area contributed by atoms with Crippen LogP contribution in [0, 0.1) is 0 Å². The van der Waals surface area contributed by atoms with E-state index in [0.29, 0.717) is 13.1 Å². The largest absolute Gasteiger partial charge is 0.469 e. The Morgan fingerprint density at radius 1 is 1.10 bits per heavy atom. The van der Waals surface area contributed by atoms with Gasteiger partial charge < -0.3 is 19.9 Å². The molecule has 0 bridgehead atoms. The van der Waals surface area contributed by atoms with Crippen LogP contribution in [0.3, 0.4) is 0 Å². The van der Waals surface area contributed by atoms with Gasteiger partial charge >= 0.3 is 12.0 Å². The lowest BCUT2D eigenvalue weighted by Gasteiger charge is -2.24. The first-order valence-corrected chi connectivity index (χ1v) is 6.85. The molecule has 6 heteroatoms. The smallest absolute Gasteiger partial charge is 0.321 e. The molecule has 1 aromatic carbocycles. The van der Waals surface area contributed by atoms with Gasteiger partial charge in [-0.25, -0.2) is 4.79 Å². The molecule has 0 atom stereocenters. The van der Waals surface area contributed by atoms with Crippen LogP contribution in [-0.4, -0.2) is 62.6 Å². The van der Waals surface area contributed by atoms with Crippen LogP contribution in [-0.2, 0) is 9.53 Å². The third-order valence-corrected chi connectivity index (χ3v) is 2.94. The molecule has 0 fully saturated rings. The zero-order valence-corrected chi connectivity index (χ0v) is 12.8. The molecular weight excluding hydrogens is 270 g/mol. The van der Waals surface area contributed by atoms with Gasteiger partial charge in [0.05, 0.1) is 13.5 Å². The highest BCUT2D eigenvalue weighted by Crippen LogP contribution is 2.07. The summed E-state index contributed by atoms with van der Waals surface area (Å²) in [4.78, 5) is 27.1. The van der Waals surface area contributed by atoms with Crippen molar-refractivity contribution >= 4 is 17.7 Å². The molecule has 0 aliphatic rings. The molecule has 0 unspecified atom stereocenters. The molecule has 0 aliphatic carbocycles. The van der Waals surface area contributed by atoms with Gasteiger partial charge in [0.2, 0.25) is 0 Å². The minimum atomic E-state index is -0.322. The van der Waals surface area contributed by atoms with E-state index in [9.17, 15) is 9.59 Å². The van der Waals surface area contributed by atoms with E-state index in [0.717, 1.165) is 12.2 Å². The summed E-state index contributed by atoms with van der Waals surface area (Å²) in [5.41, 5.74) is 0.732. The number of likely N-dealkylation sites (N-methyl/N-ethyl adjacent to an activating group) is 1. The number of hydrogen-bond acceptors (Lipinski definition) is 4. The van der Waals surface area contributed by atoms with Crippen molar-refractivity contribution in [1.29, 1.82) is 0 Å². The molecule has 6 nitrogen and oxygen atoms in total. The van der Waals surface area contributed by atoms with Gasteiger partial charge in [-0.2, -0.15) is 0 Å². The van der Waals surface area contributed by atoms with Crippen molar-refractivity contribution in [3.8, 4) is 0 Å². The van der Waals surface area contributed by atoms with Crippen LogP contribution >= 0.6 is 0 Å². The van der Waals surface area contributed by atoms with E-state index in [-0.39, 0.29) is 18.4 Å². The Hall–Kier alpha value is -2.08. The van der Waals surface area contributed by atoms with E-state index in [2.05, 4.69) is 10.1 Å². The molecule has 0 radical (unpaired) electrons. The van der Waals surface area contributed by atoms with E-state index in [1.165, 1.54) is 7.11 Å². The molecule has 116 valence electrons. The number of esters is 1. The number of methoxy groups -OCH3 is 1. The van der Waals surface area contributed by atoms with E-state index >= 15 is 0 Å². The Kier molecular flexibility index (Phi) is 7.25. The van der Waals surface area contributed by atoms with Gasteiger partial charge in [-0.05, 0) is 26.2 Å². The van der Waals surface area contributed by atoms with Crippen LogP contribution in [0.1, 0.15) is 6.42 Å². The standard InChI is InChI=1S/C15H23N3O3/c1-17(2)11-12-18(10-9-14(19)21-3)15(20)16-13-7-5-4-6-8-13/h4-8H,9-12H2,1-3H3,(H,16,20).